The number of aliphatic imine (C=N–C) groups is 1. The molecule has 0 aliphatic heterocycles. The number of nitrogens with zero attached hydrogens (tertiary/aromatic N) is 4. The highest BCUT2D eigenvalue weighted by Gasteiger charge is 2.08. The maximum atomic E-state index is 4.59. The number of rotatable bonds is 7. The lowest BCUT2D eigenvalue weighted by molar-refractivity contribution is 0.706. The highest BCUT2D eigenvalue weighted by Crippen LogP contribution is 2.19. The summed E-state index contributed by atoms with van der Waals surface area (Å²) >= 11 is 1.78. The van der Waals surface area contributed by atoms with Gasteiger partial charge in [-0.2, -0.15) is 0 Å². The lowest BCUT2D eigenvalue weighted by atomic mass is 10.1. The summed E-state index contributed by atoms with van der Waals surface area (Å²) in [5.74, 6) is 2.92. The van der Waals surface area contributed by atoms with Gasteiger partial charge in [-0.1, -0.05) is 19.1 Å². The van der Waals surface area contributed by atoms with E-state index in [9.17, 15) is 0 Å². The standard InChI is InChI=1S/C16H24N6S.HI/c1-5-8-17-16(18-10-12(2)14-7-6-9-23-14)19-11-15-21-20-13(3)22(15)4;/h5-7,9,12H,1,8,10-11H2,2-4H3,(H2,17,18,19);1H. The minimum atomic E-state index is 0. The quantitative estimate of drug-likeness (QED) is 0.289. The monoisotopic (exact) mass is 460 g/mol. The molecule has 2 aromatic rings. The van der Waals surface area contributed by atoms with Gasteiger partial charge in [-0.25, -0.2) is 4.99 Å². The van der Waals surface area contributed by atoms with E-state index in [2.05, 4.69) is 56.8 Å². The van der Waals surface area contributed by atoms with E-state index in [0.29, 0.717) is 19.0 Å². The molecule has 0 aromatic carbocycles. The lowest BCUT2D eigenvalue weighted by Crippen LogP contribution is -2.39. The number of hydrogen-bond donors (Lipinski definition) is 2. The van der Waals surface area contributed by atoms with E-state index in [4.69, 9.17) is 0 Å². The van der Waals surface area contributed by atoms with E-state index < -0.39 is 0 Å². The fraction of sp³-hybridized carbons (Fsp3) is 0.438. The van der Waals surface area contributed by atoms with Crippen LogP contribution in [0.1, 0.15) is 29.4 Å². The van der Waals surface area contributed by atoms with E-state index in [-0.39, 0.29) is 24.0 Å². The SMILES string of the molecule is C=CCNC(=NCc1nnc(C)n1C)NCC(C)c1cccs1.I. The van der Waals surface area contributed by atoms with Crippen LogP contribution in [0.2, 0.25) is 0 Å². The predicted molar refractivity (Wildman–Crippen MR) is 111 cm³/mol. The Hall–Kier alpha value is -1.42. The van der Waals surface area contributed by atoms with E-state index in [1.807, 2.05) is 24.6 Å². The molecule has 0 amide bonds. The minimum Gasteiger partial charge on any atom is -0.356 e. The molecular formula is C16H25IN6S. The van der Waals surface area contributed by atoms with Crippen molar-refractivity contribution in [2.24, 2.45) is 12.0 Å². The minimum absolute atomic E-state index is 0. The molecule has 2 heterocycles. The number of aryl methyl sites for hydroxylation is 1. The maximum absolute atomic E-state index is 4.59. The molecule has 2 aromatic heterocycles. The van der Waals surface area contributed by atoms with Crippen LogP contribution in [-0.4, -0.2) is 33.8 Å². The number of nitrogens with one attached hydrogen (secondary N) is 2. The second-order valence-electron chi connectivity index (χ2n) is 5.35. The first kappa shape index (κ1) is 20.6. The van der Waals surface area contributed by atoms with Crippen LogP contribution in [0.3, 0.4) is 0 Å². The number of aromatic nitrogens is 3. The van der Waals surface area contributed by atoms with E-state index in [1.165, 1.54) is 4.88 Å². The third kappa shape index (κ3) is 5.90. The molecule has 6 nitrogen and oxygen atoms in total. The van der Waals surface area contributed by atoms with Crippen molar-refractivity contribution in [1.29, 1.82) is 0 Å². The lowest BCUT2D eigenvalue weighted by Gasteiger charge is -2.15. The Bertz CT molecular complexity index is 650. The van der Waals surface area contributed by atoms with Crippen LogP contribution in [0.25, 0.3) is 0 Å². The number of guanidine groups is 1. The summed E-state index contributed by atoms with van der Waals surface area (Å²) in [6, 6.07) is 4.24. The van der Waals surface area contributed by atoms with Crippen LogP contribution in [-0.2, 0) is 13.6 Å². The van der Waals surface area contributed by atoms with Gasteiger partial charge in [-0.3, -0.25) is 0 Å². The van der Waals surface area contributed by atoms with Gasteiger partial charge in [-0.05, 0) is 18.4 Å². The van der Waals surface area contributed by atoms with Crippen molar-refractivity contribution in [3.05, 3.63) is 46.7 Å². The van der Waals surface area contributed by atoms with Crippen LogP contribution in [0, 0.1) is 6.92 Å². The van der Waals surface area contributed by atoms with Crippen molar-refractivity contribution in [2.75, 3.05) is 13.1 Å². The van der Waals surface area contributed by atoms with Gasteiger partial charge >= 0.3 is 0 Å². The van der Waals surface area contributed by atoms with Crippen LogP contribution in [0.5, 0.6) is 0 Å². The van der Waals surface area contributed by atoms with Crippen LogP contribution < -0.4 is 10.6 Å². The van der Waals surface area contributed by atoms with Crippen LogP contribution in [0.15, 0.2) is 35.2 Å². The van der Waals surface area contributed by atoms with Crippen molar-refractivity contribution in [1.82, 2.24) is 25.4 Å². The summed E-state index contributed by atoms with van der Waals surface area (Å²) in [4.78, 5) is 5.95. The largest absolute Gasteiger partial charge is 0.356 e. The average Bonchev–Trinajstić information content (AvgIpc) is 3.19. The van der Waals surface area contributed by atoms with Gasteiger partial charge in [0.05, 0.1) is 0 Å². The van der Waals surface area contributed by atoms with Crippen molar-refractivity contribution >= 4 is 41.3 Å². The first-order valence-electron chi connectivity index (χ1n) is 7.63. The zero-order chi connectivity index (χ0) is 16.7. The zero-order valence-corrected chi connectivity index (χ0v) is 17.5. The fourth-order valence-corrected chi connectivity index (χ4v) is 2.79. The van der Waals surface area contributed by atoms with Gasteiger partial charge in [0.15, 0.2) is 11.8 Å². The molecule has 24 heavy (non-hydrogen) atoms. The molecule has 2 rings (SSSR count). The highest BCUT2D eigenvalue weighted by atomic mass is 127. The molecule has 0 radical (unpaired) electrons. The summed E-state index contributed by atoms with van der Waals surface area (Å²) in [6.45, 7) is 9.83. The predicted octanol–water partition coefficient (Wildman–Crippen LogP) is 2.83. The molecule has 1 atom stereocenters. The fourth-order valence-electron chi connectivity index (χ4n) is 2.00. The molecule has 0 aliphatic carbocycles. The maximum Gasteiger partial charge on any atom is 0.191 e. The summed E-state index contributed by atoms with van der Waals surface area (Å²) in [6.07, 6.45) is 1.81. The van der Waals surface area contributed by atoms with E-state index in [1.54, 1.807) is 11.3 Å². The van der Waals surface area contributed by atoms with Crippen molar-refractivity contribution in [3.63, 3.8) is 0 Å². The topological polar surface area (TPSA) is 67.1 Å². The number of halogens is 1. The average molecular weight is 460 g/mol. The van der Waals surface area contributed by atoms with Crippen molar-refractivity contribution in [2.45, 2.75) is 26.3 Å². The number of hydrogen-bond acceptors (Lipinski definition) is 4. The smallest absolute Gasteiger partial charge is 0.191 e. The second-order valence-corrected chi connectivity index (χ2v) is 6.33. The number of thiophene rings is 1. The molecule has 8 heteroatoms. The molecule has 0 saturated heterocycles. The van der Waals surface area contributed by atoms with Gasteiger partial charge in [0, 0.05) is 30.9 Å². The Labute approximate surface area is 164 Å². The summed E-state index contributed by atoms with van der Waals surface area (Å²) in [7, 11) is 1.95. The first-order chi connectivity index (χ1) is 11.1. The van der Waals surface area contributed by atoms with Crippen LogP contribution in [0.4, 0.5) is 0 Å². The van der Waals surface area contributed by atoms with Crippen LogP contribution >= 0.6 is 35.3 Å². The Morgan fingerprint density at radius 3 is 2.83 bits per heavy atom. The Balaban J connectivity index is 0.00000288. The van der Waals surface area contributed by atoms with Gasteiger partial charge in [0.25, 0.3) is 0 Å². The Morgan fingerprint density at radius 1 is 1.46 bits per heavy atom. The normalized spacial score (nSPS) is 12.4. The van der Waals surface area contributed by atoms with Gasteiger partial charge in [0.1, 0.15) is 12.4 Å². The van der Waals surface area contributed by atoms with E-state index in [0.717, 1.165) is 24.2 Å². The Morgan fingerprint density at radius 2 is 2.25 bits per heavy atom. The second kappa shape index (κ2) is 10.4. The highest BCUT2D eigenvalue weighted by molar-refractivity contribution is 14.0. The van der Waals surface area contributed by atoms with Gasteiger partial charge < -0.3 is 15.2 Å². The molecule has 0 aliphatic rings. The van der Waals surface area contributed by atoms with Gasteiger partial charge in [0.2, 0.25) is 0 Å². The summed E-state index contributed by atoms with van der Waals surface area (Å²) in [5.41, 5.74) is 0. The third-order valence-electron chi connectivity index (χ3n) is 3.58. The Kier molecular flexibility index (Phi) is 8.98. The molecule has 132 valence electrons. The van der Waals surface area contributed by atoms with Crippen molar-refractivity contribution in [3.8, 4) is 0 Å². The molecule has 1 unspecified atom stereocenters. The molecule has 0 saturated carbocycles. The first-order valence-corrected chi connectivity index (χ1v) is 8.51. The molecular weight excluding hydrogens is 435 g/mol. The third-order valence-corrected chi connectivity index (χ3v) is 4.68. The summed E-state index contributed by atoms with van der Waals surface area (Å²) in [5, 5.41) is 16.9. The molecule has 2 N–H and O–H groups in total. The molecule has 0 spiro atoms. The molecule has 0 bridgehead atoms. The van der Waals surface area contributed by atoms with Gasteiger partial charge in [-0.15, -0.1) is 52.1 Å². The summed E-state index contributed by atoms with van der Waals surface area (Å²) < 4.78 is 1.95. The zero-order valence-electron chi connectivity index (χ0n) is 14.3. The van der Waals surface area contributed by atoms with E-state index >= 15 is 0 Å². The van der Waals surface area contributed by atoms with Crippen molar-refractivity contribution < 1.29 is 0 Å². The molecule has 0 fully saturated rings.